The first-order valence-corrected chi connectivity index (χ1v) is 10.7. The third kappa shape index (κ3) is 6.98. The summed E-state index contributed by atoms with van der Waals surface area (Å²) in [4.78, 5) is 19.4. The van der Waals surface area contributed by atoms with Gasteiger partial charge in [-0.05, 0) is 37.5 Å². The fraction of sp³-hybridized carbons (Fsp3) is 0.667. The van der Waals surface area contributed by atoms with Crippen LogP contribution in [0.25, 0.3) is 0 Å². The fourth-order valence-corrected chi connectivity index (χ4v) is 4.00. The Labute approximate surface area is 168 Å². The monoisotopic (exact) mass is 393 g/mol. The summed E-state index contributed by atoms with van der Waals surface area (Å²) in [6, 6.07) is 7.54. The fourth-order valence-electron chi connectivity index (χ4n) is 3.82. The van der Waals surface area contributed by atoms with Crippen LogP contribution in [0.5, 0.6) is 5.75 Å². The highest BCUT2D eigenvalue weighted by Crippen LogP contribution is 2.17. The van der Waals surface area contributed by atoms with E-state index in [0.717, 1.165) is 70.8 Å². The lowest BCUT2D eigenvalue weighted by molar-refractivity contribution is -0.132. The number of hydrogen-bond acceptors (Lipinski definition) is 4. The minimum atomic E-state index is 0.320. The molecule has 0 atom stereocenters. The zero-order valence-electron chi connectivity index (χ0n) is 16.2. The predicted octanol–water partition coefficient (Wildman–Crippen LogP) is 3.13. The molecule has 1 aromatic carbocycles. The maximum absolute atomic E-state index is 12.5. The largest absolute Gasteiger partial charge is 0.493 e. The lowest BCUT2D eigenvalue weighted by atomic mass is 10.2. The van der Waals surface area contributed by atoms with Gasteiger partial charge in [-0.1, -0.05) is 30.5 Å². The molecule has 0 radical (unpaired) electrons. The van der Waals surface area contributed by atoms with E-state index in [1.54, 1.807) is 0 Å². The van der Waals surface area contributed by atoms with Gasteiger partial charge in [-0.25, -0.2) is 0 Å². The zero-order chi connectivity index (χ0) is 18.9. The van der Waals surface area contributed by atoms with Crippen LogP contribution >= 0.6 is 11.6 Å². The molecule has 2 heterocycles. The molecule has 2 saturated heterocycles. The molecule has 0 aliphatic carbocycles. The van der Waals surface area contributed by atoms with Gasteiger partial charge in [0.2, 0.25) is 5.91 Å². The van der Waals surface area contributed by atoms with Crippen molar-refractivity contribution in [2.75, 3.05) is 59.0 Å². The Morgan fingerprint density at radius 3 is 2.37 bits per heavy atom. The van der Waals surface area contributed by atoms with Crippen LogP contribution < -0.4 is 4.74 Å². The molecular weight excluding hydrogens is 362 g/mol. The van der Waals surface area contributed by atoms with Crippen molar-refractivity contribution >= 4 is 17.5 Å². The van der Waals surface area contributed by atoms with E-state index in [1.165, 1.54) is 12.8 Å². The van der Waals surface area contributed by atoms with Gasteiger partial charge >= 0.3 is 0 Å². The Morgan fingerprint density at radius 2 is 1.67 bits per heavy atom. The van der Waals surface area contributed by atoms with Crippen LogP contribution in [0, 0.1) is 0 Å². The first kappa shape index (κ1) is 20.4. The minimum absolute atomic E-state index is 0.320. The van der Waals surface area contributed by atoms with E-state index in [4.69, 9.17) is 16.3 Å². The predicted molar refractivity (Wildman–Crippen MR) is 109 cm³/mol. The van der Waals surface area contributed by atoms with Crippen molar-refractivity contribution in [2.45, 2.75) is 32.1 Å². The topological polar surface area (TPSA) is 36.0 Å². The van der Waals surface area contributed by atoms with Gasteiger partial charge in [0, 0.05) is 50.8 Å². The van der Waals surface area contributed by atoms with Gasteiger partial charge in [0.05, 0.1) is 13.2 Å². The molecule has 3 rings (SSSR count). The Balaban J connectivity index is 1.29. The Bertz CT molecular complexity index is 583. The van der Waals surface area contributed by atoms with Crippen LogP contribution in [0.15, 0.2) is 24.3 Å². The molecule has 27 heavy (non-hydrogen) atoms. The van der Waals surface area contributed by atoms with Crippen molar-refractivity contribution in [1.29, 1.82) is 0 Å². The molecule has 2 fully saturated rings. The smallest absolute Gasteiger partial charge is 0.236 e. The number of hydrogen-bond donors (Lipinski definition) is 0. The van der Waals surface area contributed by atoms with Crippen molar-refractivity contribution in [3.8, 4) is 5.75 Å². The number of carbonyl (C=O) groups excluding carboxylic acids is 1. The summed E-state index contributed by atoms with van der Waals surface area (Å²) in [6.45, 7) is 8.25. The highest BCUT2D eigenvalue weighted by atomic mass is 35.5. The minimum Gasteiger partial charge on any atom is -0.493 e. The number of piperazine rings is 1. The maximum atomic E-state index is 12.5. The first-order chi connectivity index (χ1) is 13.2. The van der Waals surface area contributed by atoms with E-state index in [1.807, 2.05) is 24.3 Å². The molecule has 0 aromatic heterocycles. The van der Waals surface area contributed by atoms with Crippen LogP contribution in [0.4, 0.5) is 0 Å². The third-order valence-corrected chi connectivity index (χ3v) is 5.70. The number of likely N-dealkylation sites (tertiary alicyclic amines) is 1. The highest BCUT2D eigenvalue weighted by Gasteiger charge is 2.22. The van der Waals surface area contributed by atoms with Crippen LogP contribution in [-0.2, 0) is 4.79 Å². The van der Waals surface area contributed by atoms with Crippen LogP contribution in [0.1, 0.15) is 32.1 Å². The number of amides is 1. The van der Waals surface area contributed by atoms with E-state index in [9.17, 15) is 4.79 Å². The number of halogens is 1. The molecule has 1 amide bonds. The number of carbonyl (C=O) groups is 1. The van der Waals surface area contributed by atoms with Gasteiger partial charge < -0.3 is 14.5 Å². The van der Waals surface area contributed by atoms with E-state index in [2.05, 4.69) is 14.7 Å². The summed E-state index contributed by atoms with van der Waals surface area (Å²) in [5.74, 6) is 1.15. The number of nitrogens with zero attached hydrogens (tertiary/aromatic N) is 3. The summed E-state index contributed by atoms with van der Waals surface area (Å²) >= 11 is 5.97. The van der Waals surface area contributed by atoms with Gasteiger partial charge in [0.25, 0.3) is 0 Å². The molecule has 0 N–H and O–H groups in total. The third-order valence-electron chi connectivity index (χ3n) is 5.47. The van der Waals surface area contributed by atoms with Crippen LogP contribution in [-0.4, -0.2) is 79.6 Å². The molecule has 150 valence electrons. The Hall–Kier alpha value is -1.30. The molecule has 5 nitrogen and oxygen atoms in total. The van der Waals surface area contributed by atoms with Gasteiger partial charge in [-0.15, -0.1) is 0 Å². The van der Waals surface area contributed by atoms with Crippen molar-refractivity contribution in [3.63, 3.8) is 0 Å². The second kappa shape index (κ2) is 10.9. The van der Waals surface area contributed by atoms with E-state index in [0.29, 0.717) is 24.1 Å². The molecule has 0 unspecified atom stereocenters. The Kier molecular flexibility index (Phi) is 8.24. The molecule has 1 aromatic rings. The quantitative estimate of drug-likeness (QED) is 0.667. The van der Waals surface area contributed by atoms with Crippen LogP contribution in [0.3, 0.4) is 0 Å². The molecule has 0 saturated carbocycles. The molecule has 2 aliphatic rings. The summed E-state index contributed by atoms with van der Waals surface area (Å²) < 4.78 is 5.76. The van der Waals surface area contributed by atoms with E-state index in [-0.39, 0.29) is 0 Å². The van der Waals surface area contributed by atoms with E-state index < -0.39 is 0 Å². The van der Waals surface area contributed by atoms with Gasteiger partial charge in [-0.3, -0.25) is 9.69 Å². The molecule has 0 bridgehead atoms. The van der Waals surface area contributed by atoms with E-state index >= 15 is 0 Å². The summed E-state index contributed by atoms with van der Waals surface area (Å²) in [5.41, 5.74) is 0. The summed E-state index contributed by atoms with van der Waals surface area (Å²) in [5, 5.41) is 0.707. The lowest BCUT2D eigenvalue weighted by Gasteiger charge is -2.35. The zero-order valence-corrected chi connectivity index (χ0v) is 17.0. The first-order valence-electron chi connectivity index (χ1n) is 10.3. The van der Waals surface area contributed by atoms with Crippen LogP contribution in [0.2, 0.25) is 5.02 Å². The normalized spacial score (nSPS) is 19.7. The lowest BCUT2D eigenvalue weighted by Crippen LogP contribution is -2.50. The van der Waals surface area contributed by atoms with Gasteiger partial charge in [0.15, 0.2) is 0 Å². The van der Waals surface area contributed by atoms with Crippen molar-refractivity contribution in [3.05, 3.63) is 29.3 Å². The molecule has 2 aliphatic heterocycles. The standard InChI is InChI=1S/C21H32ClN3O2/c22-19-7-5-8-20(17-19)27-16-6-9-23-12-14-24(15-13-23)18-21(26)25-10-3-1-2-4-11-25/h5,7-8,17H,1-4,6,9-16,18H2. The summed E-state index contributed by atoms with van der Waals surface area (Å²) in [7, 11) is 0. The number of rotatable bonds is 7. The molecule has 6 heteroatoms. The summed E-state index contributed by atoms with van der Waals surface area (Å²) in [6.07, 6.45) is 5.86. The van der Waals surface area contributed by atoms with Gasteiger partial charge in [-0.2, -0.15) is 0 Å². The van der Waals surface area contributed by atoms with Crippen molar-refractivity contribution in [2.24, 2.45) is 0 Å². The Morgan fingerprint density at radius 1 is 0.963 bits per heavy atom. The number of benzene rings is 1. The second-order valence-corrected chi connectivity index (χ2v) is 8.01. The SMILES string of the molecule is O=C(CN1CCN(CCCOc2cccc(Cl)c2)CC1)N1CCCCCC1. The molecule has 0 spiro atoms. The molecular formula is C21H32ClN3O2. The second-order valence-electron chi connectivity index (χ2n) is 7.57. The van der Waals surface area contributed by atoms with Gasteiger partial charge in [0.1, 0.15) is 5.75 Å². The average molecular weight is 394 g/mol. The maximum Gasteiger partial charge on any atom is 0.236 e. The average Bonchev–Trinajstić information content (AvgIpc) is 2.96. The van der Waals surface area contributed by atoms with Crippen molar-refractivity contribution < 1.29 is 9.53 Å². The van der Waals surface area contributed by atoms with Crippen molar-refractivity contribution in [1.82, 2.24) is 14.7 Å². The highest BCUT2D eigenvalue weighted by molar-refractivity contribution is 6.30. The number of ether oxygens (including phenoxy) is 1.